The first kappa shape index (κ1) is 26.0. The molecule has 1 heterocycles. The molecule has 2 aromatic rings. The lowest BCUT2D eigenvalue weighted by molar-refractivity contribution is -0.134. The molecule has 0 spiro atoms. The number of aliphatic carboxylic acids is 2. The van der Waals surface area contributed by atoms with Crippen LogP contribution in [-0.2, 0) is 16.0 Å². The lowest BCUT2D eigenvalue weighted by Crippen LogP contribution is -2.44. The largest absolute Gasteiger partial charge is 0.478 e. The van der Waals surface area contributed by atoms with Crippen LogP contribution in [0.3, 0.4) is 0 Å². The fourth-order valence-corrected chi connectivity index (χ4v) is 4.40. The molecule has 0 radical (unpaired) electrons. The van der Waals surface area contributed by atoms with Gasteiger partial charge in [0.2, 0.25) is 0 Å². The quantitative estimate of drug-likeness (QED) is 0.543. The van der Waals surface area contributed by atoms with E-state index in [-0.39, 0.29) is 0 Å². The number of carboxylic acids is 2. The molecule has 1 saturated heterocycles. The van der Waals surface area contributed by atoms with Gasteiger partial charge in [-0.15, -0.1) is 0 Å². The number of halogens is 2. The number of carboxylic acid groups (broad SMARTS) is 2. The second kappa shape index (κ2) is 12.2. The van der Waals surface area contributed by atoms with Gasteiger partial charge in [-0.2, -0.15) is 0 Å². The van der Waals surface area contributed by atoms with Gasteiger partial charge in [-0.1, -0.05) is 53.5 Å². The number of allylic oxidation sites excluding steroid dienone is 1. The number of benzene rings is 2. The predicted molar refractivity (Wildman–Crippen MR) is 137 cm³/mol. The van der Waals surface area contributed by atoms with Crippen molar-refractivity contribution in [3.63, 3.8) is 0 Å². The lowest BCUT2D eigenvalue weighted by Gasteiger charge is -2.32. The molecule has 0 bridgehead atoms. The molecule has 2 aromatic carbocycles. The van der Waals surface area contributed by atoms with E-state index in [1.54, 1.807) is 0 Å². The summed E-state index contributed by atoms with van der Waals surface area (Å²) in [4.78, 5) is 24.1. The van der Waals surface area contributed by atoms with Crippen LogP contribution in [-0.4, -0.2) is 71.7 Å². The highest BCUT2D eigenvalue weighted by Gasteiger charge is 2.20. The molecule has 4 rings (SSSR count). The summed E-state index contributed by atoms with van der Waals surface area (Å²) in [6, 6.07) is 12.5. The Hall–Kier alpha value is -2.64. The molecular weight excluding hydrogens is 475 g/mol. The van der Waals surface area contributed by atoms with E-state index in [1.165, 1.54) is 48.4 Å². The second-order valence-electron chi connectivity index (χ2n) is 8.30. The average Bonchev–Trinajstić information content (AvgIpc) is 3.23. The van der Waals surface area contributed by atoms with Gasteiger partial charge in [-0.25, -0.2) is 9.59 Å². The maximum Gasteiger partial charge on any atom is 0.328 e. The van der Waals surface area contributed by atoms with Crippen molar-refractivity contribution in [1.29, 1.82) is 0 Å². The Kier molecular flexibility index (Phi) is 9.30. The summed E-state index contributed by atoms with van der Waals surface area (Å²) in [5.41, 5.74) is 6.72. The first-order valence-electron chi connectivity index (χ1n) is 11.1. The minimum atomic E-state index is -1.26. The van der Waals surface area contributed by atoms with Gasteiger partial charge in [0.05, 0.1) is 10.0 Å². The Morgan fingerprint density at radius 2 is 1.59 bits per heavy atom. The lowest BCUT2D eigenvalue weighted by atomic mass is 9.94. The zero-order chi connectivity index (χ0) is 24.7. The third-order valence-corrected chi connectivity index (χ3v) is 6.71. The van der Waals surface area contributed by atoms with E-state index in [4.69, 9.17) is 33.4 Å². The molecule has 0 aromatic heterocycles. The average molecular weight is 503 g/mol. The molecule has 2 aliphatic rings. The fraction of sp³-hybridized carbons (Fsp3) is 0.308. The maximum atomic E-state index is 9.55. The molecule has 0 saturated carbocycles. The number of rotatable bonds is 6. The van der Waals surface area contributed by atoms with Crippen molar-refractivity contribution >= 4 is 40.7 Å². The van der Waals surface area contributed by atoms with E-state index < -0.39 is 11.9 Å². The van der Waals surface area contributed by atoms with Crippen LogP contribution < -0.4 is 0 Å². The SMILES string of the molecule is CN1CCN(CCC2=CCc3c2cccc3-c2ccc(Cl)c(Cl)c2)CC1.O=C(O)/C=C\C(=O)O. The van der Waals surface area contributed by atoms with E-state index in [0.717, 1.165) is 24.9 Å². The molecule has 180 valence electrons. The molecular formula is C26H28Cl2N2O4. The second-order valence-corrected chi connectivity index (χ2v) is 9.11. The number of hydrogen-bond acceptors (Lipinski definition) is 4. The summed E-state index contributed by atoms with van der Waals surface area (Å²) < 4.78 is 0. The van der Waals surface area contributed by atoms with Gasteiger partial charge in [0, 0.05) is 44.9 Å². The standard InChI is InChI=1S/C22H24Cl2N2.C4H4O4/c1-25-11-13-26(14-12-25)10-9-16-5-7-20-18(16)3-2-4-19(20)17-6-8-21(23)22(24)15-17;5-3(6)1-2-4(7)8/h2-6,8,15H,7,9-14H2,1H3;1-2H,(H,5,6)(H,7,8)/b;2-1-. The van der Waals surface area contributed by atoms with Crippen molar-refractivity contribution in [2.75, 3.05) is 39.8 Å². The smallest absolute Gasteiger partial charge is 0.328 e. The van der Waals surface area contributed by atoms with Crippen LogP contribution in [0.1, 0.15) is 17.5 Å². The highest BCUT2D eigenvalue weighted by molar-refractivity contribution is 6.42. The summed E-state index contributed by atoms with van der Waals surface area (Å²) in [6.07, 6.45) is 5.65. The van der Waals surface area contributed by atoms with Gasteiger partial charge in [-0.05, 0) is 59.8 Å². The zero-order valence-corrected chi connectivity index (χ0v) is 20.5. The Morgan fingerprint density at radius 1 is 0.941 bits per heavy atom. The Bertz CT molecular complexity index is 1090. The molecule has 1 aliphatic carbocycles. The molecule has 0 unspecified atom stereocenters. The Balaban J connectivity index is 0.000000350. The normalized spacial score (nSPS) is 16.0. The number of piperazine rings is 1. The van der Waals surface area contributed by atoms with Gasteiger partial charge in [-0.3, -0.25) is 0 Å². The van der Waals surface area contributed by atoms with E-state index in [9.17, 15) is 9.59 Å². The Labute approximate surface area is 209 Å². The summed E-state index contributed by atoms with van der Waals surface area (Å²) in [5, 5.41) is 16.8. The van der Waals surface area contributed by atoms with Crippen LogP contribution in [0.15, 0.2) is 54.6 Å². The van der Waals surface area contributed by atoms with E-state index in [1.807, 2.05) is 12.1 Å². The molecule has 6 nitrogen and oxygen atoms in total. The number of fused-ring (bicyclic) bond motifs is 1. The minimum Gasteiger partial charge on any atom is -0.478 e. The van der Waals surface area contributed by atoms with Crippen LogP contribution >= 0.6 is 23.2 Å². The summed E-state index contributed by atoms with van der Waals surface area (Å²) in [7, 11) is 2.21. The third-order valence-electron chi connectivity index (χ3n) is 5.97. The number of carbonyl (C=O) groups is 2. The molecule has 2 N–H and O–H groups in total. The van der Waals surface area contributed by atoms with Gasteiger partial charge in [0.15, 0.2) is 0 Å². The van der Waals surface area contributed by atoms with Crippen molar-refractivity contribution in [2.45, 2.75) is 12.8 Å². The van der Waals surface area contributed by atoms with E-state index in [0.29, 0.717) is 22.2 Å². The molecule has 8 heteroatoms. The number of likely N-dealkylation sites (N-methyl/N-ethyl adjacent to an activating group) is 1. The molecule has 34 heavy (non-hydrogen) atoms. The van der Waals surface area contributed by atoms with Crippen LogP contribution in [0, 0.1) is 0 Å². The van der Waals surface area contributed by atoms with Gasteiger partial charge in [0.1, 0.15) is 0 Å². The van der Waals surface area contributed by atoms with Crippen molar-refractivity contribution in [3.05, 3.63) is 75.8 Å². The Morgan fingerprint density at radius 3 is 2.21 bits per heavy atom. The monoisotopic (exact) mass is 502 g/mol. The van der Waals surface area contributed by atoms with Crippen LogP contribution in [0.4, 0.5) is 0 Å². The molecule has 1 fully saturated rings. The predicted octanol–water partition coefficient (Wildman–Crippen LogP) is 4.95. The topological polar surface area (TPSA) is 81.1 Å². The van der Waals surface area contributed by atoms with Crippen molar-refractivity contribution in [3.8, 4) is 11.1 Å². The zero-order valence-electron chi connectivity index (χ0n) is 19.0. The molecule has 0 atom stereocenters. The van der Waals surface area contributed by atoms with Crippen LogP contribution in [0.5, 0.6) is 0 Å². The first-order valence-corrected chi connectivity index (χ1v) is 11.8. The number of nitrogens with zero attached hydrogens (tertiary/aromatic N) is 2. The summed E-state index contributed by atoms with van der Waals surface area (Å²) >= 11 is 12.3. The van der Waals surface area contributed by atoms with E-state index in [2.05, 4.69) is 47.2 Å². The van der Waals surface area contributed by atoms with Gasteiger partial charge < -0.3 is 20.0 Å². The minimum absolute atomic E-state index is 0.558. The van der Waals surface area contributed by atoms with E-state index >= 15 is 0 Å². The van der Waals surface area contributed by atoms with Gasteiger partial charge in [0.25, 0.3) is 0 Å². The van der Waals surface area contributed by atoms with Crippen molar-refractivity contribution in [1.82, 2.24) is 9.80 Å². The highest BCUT2D eigenvalue weighted by Crippen LogP contribution is 2.38. The molecule has 0 amide bonds. The third kappa shape index (κ3) is 7.18. The first-order chi connectivity index (χ1) is 16.2. The van der Waals surface area contributed by atoms with Crippen molar-refractivity contribution < 1.29 is 19.8 Å². The van der Waals surface area contributed by atoms with Crippen LogP contribution in [0.2, 0.25) is 10.0 Å². The summed E-state index contributed by atoms with van der Waals surface area (Å²) in [5.74, 6) is -2.51. The summed E-state index contributed by atoms with van der Waals surface area (Å²) in [6.45, 7) is 5.87. The molecule has 1 aliphatic heterocycles. The fourth-order valence-electron chi connectivity index (χ4n) is 4.11. The maximum absolute atomic E-state index is 9.55. The van der Waals surface area contributed by atoms with Crippen molar-refractivity contribution in [2.24, 2.45) is 0 Å². The number of hydrogen-bond donors (Lipinski definition) is 2. The van der Waals surface area contributed by atoms with Crippen LogP contribution in [0.25, 0.3) is 16.7 Å². The highest BCUT2D eigenvalue weighted by atomic mass is 35.5. The van der Waals surface area contributed by atoms with Gasteiger partial charge >= 0.3 is 11.9 Å².